The molecular weight excluding hydrogens is 251 g/mol. The van der Waals surface area contributed by atoms with Gasteiger partial charge in [0.25, 0.3) is 0 Å². The van der Waals surface area contributed by atoms with E-state index < -0.39 is 5.82 Å². The van der Waals surface area contributed by atoms with E-state index in [2.05, 4.69) is 11.4 Å². The number of halogens is 2. The van der Waals surface area contributed by atoms with Gasteiger partial charge in [-0.2, -0.15) is 5.26 Å². The van der Waals surface area contributed by atoms with E-state index >= 15 is 0 Å². The molecule has 1 rings (SSSR count). The molecule has 1 aromatic carbocycles. The number of benzene rings is 1. The van der Waals surface area contributed by atoms with Gasteiger partial charge in [-0.25, -0.2) is 4.39 Å². The average molecular weight is 269 g/mol. The highest BCUT2D eigenvalue weighted by atomic mass is 35.5. The lowest BCUT2D eigenvalue weighted by Gasteiger charge is -2.13. The molecule has 0 aliphatic rings. The van der Waals surface area contributed by atoms with Crippen LogP contribution in [0.3, 0.4) is 0 Å². The van der Waals surface area contributed by atoms with E-state index in [1.807, 2.05) is 13.8 Å². The van der Waals surface area contributed by atoms with Gasteiger partial charge in [0.2, 0.25) is 0 Å². The van der Waals surface area contributed by atoms with Crippen molar-refractivity contribution in [3.05, 3.63) is 34.6 Å². The molecule has 0 amide bonds. The zero-order valence-electron chi connectivity index (χ0n) is 10.7. The smallest absolute Gasteiger partial charge is 0.141 e. The van der Waals surface area contributed by atoms with Crippen molar-refractivity contribution in [2.75, 3.05) is 13.1 Å². The molecule has 0 saturated carbocycles. The summed E-state index contributed by atoms with van der Waals surface area (Å²) >= 11 is 5.70. The van der Waals surface area contributed by atoms with Crippen molar-refractivity contribution >= 4 is 11.6 Å². The van der Waals surface area contributed by atoms with Crippen molar-refractivity contribution in [2.24, 2.45) is 11.8 Å². The third-order valence-corrected chi connectivity index (χ3v) is 3.20. The topological polar surface area (TPSA) is 35.8 Å². The van der Waals surface area contributed by atoms with Crippen LogP contribution in [0.5, 0.6) is 0 Å². The quantitative estimate of drug-likeness (QED) is 0.803. The van der Waals surface area contributed by atoms with Gasteiger partial charge in [0.1, 0.15) is 5.82 Å². The standard InChI is InChI=1S/C14H18ClFN2/c1-10(2)12(8-17)9-18-6-5-11-3-4-14(16)13(15)7-11/h3-4,7,10,12,18H,5-6,9H2,1-2H3. The fraction of sp³-hybridized carbons (Fsp3) is 0.500. The first kappa shape index (κ1) is 14.9. The molecule has 1 unspecified atom stereocenters. The molecular formula is C14H18ClFN2. The molecule has 1 aromatic rings. The number of hydrogen-bond acceptors (Lipinski definition) is 2. The highest BCUT2D eigenvalue weighted by Crippen LogP contribution is 2.16. The molecule has 4 heteroatoms. The van der Waals surface area contributed by atoms with E-state index in [-0.39, 0.29) is 10.9 Å². The Morgan fingerprint density at radius 1 is 1.44 bits per heavy atom. The molecule has 0 heterocycles. The predicted octanol–water partition coefficient (Wildman–Crippen LogP) is 3.41. The summed E-state index contributed by atoms with van der Waals surface area (Å²) in [5, 5.41) is 12.3. The summed E-state index contributed by atoms with van der Waals surface area (Å²) in [6.07, 6.45) is 0.774. The minimum atomic E-state index is -0.391. The summed E-state index contributed by atoms with van der Waals surface area (Å²) in [4.78, 5) is 0. The van der Waals surface area contributed by atoms with Gasteiger partial charge < -0.3 is 5.32 Å². The first-order valence-corrected chi connectivity index (χ1v) is 6.46. The maximum absolute atomic E-state index is 12.9. The normalized spacial score (nSPS) is 12.4. The van der Waals surface area contributed by atoms with Crippen molar-refractivity contribution in [3.8, 4) is 6.07 Å². The second-order valence-corrected chi connectivity index (χ2v) is 5.09. The highest BCUT2D eigenvalue weighted by molar-refractivity contribution is 6.30. The lowest BCUT2D eigenvalue weighted by Crippen LogP contribution is -2.27. The molecule has 0 radical (unpaired) electrons. The summed E-state index contributed by atoms with van der Waals surface area (Å²) in [6.45, 7) is 5.51. The predicted molar refractivity (Wildman–Crippen MR) is 71.9 cm³/mol. The lowest BCUT2D eigenvalue weighted by molar-refractivity contribution is 0.444. The fourth-order valence-electron chi connectivity index (χ4n) is 1.62. The molecule has 2 nitrogen and oxygen atoms in total. The van der Waals surface area contributed by atoms with Crippen LogP contribution in [0.1, 0.15) is 19.4 Å². The molecule has 98 valence electrons. The van der Waals surface area contributed by atoms with Crippen LogP contribution < -0.4 is 5.32 Å². The monoisotopic (exact) mass is 268 g/mol. The molecule has 0 aliphatic carbocycles. The molecule has 0 spiro atoms. The summed E-state index contributed by atoms with van der Waals surface area (Å²) in [6, 6.07) is 7.03. The van der Waals surface area contributed by atoms with Crippen molar-refractivity contribution in [1.82, 2.24) is 5.32 Å². The number of rotatable bonds is 6. The van der Waals surface area contributed by atoms with Crippen LogP contribution in [0.4, 0.5) is 4.39 Å². The van der Waals surface area contributed by atoms with Gasteiger partial charge in [0.15, 0.2) is 0 Å². The summed E-state index contributed by atoms with van der Waals surface area (Å²) < 4.78 is 12.9. The van der Waals surface area contributed by atoms with Crippen LogP contribution in [0, 0.1) is 29.0 Å². The summed E-state index contributed by atoms with van der Waals surface area (Å²) in [5.74, 6) is -0.0118. The van der Waals surface area contributed by atoms with Crippen LogP contribution in [0.25, 0.3) is 0 Å². The van der Waals surface area contributed by atoms with E-state index in [0.29, 0.717) is 12.5 Å². The van der Waals surface area contributed by atoms with Crippen molar-refractivity contribution in [1.29, 1.82) is 5.26 Å². The van der Waals surface area contributed by atoms with Crippen molar-refractivity contribution in [3.63, 3.8) is 0 Å². The Kier molecular flexibility index (Phi) is 6.11. The summed E-state index contributed by atoms with van der Waals surface area (Å²) in [5.41, 5.74) is 0.993. The van der Waals surface area contributed by atoms with E-state index in [9.17, 15) is 4.39 Å². The Morgan fingerprint density at radius 2 is 2.17 bits per heavy atom. The maximum Gasteiger partial charge on any atom is 0.141 e. The van der Waals surface area contributed by atoms with Gasteiger partial charge in [-0.3, -0.25) is 0 Å². The Balaban J connectivity index is 2.34. The van der Waals surface area contributed by atoms with E-state index in [1.54, 1.807) is 12.1 Å². The lowest BCUT2D eigenvalue weighted by atomic mass is 9.97. The number of nitrogens with zero attached hydrogens (tertiary/aromatic N) is 1. The molecule has 0 saturated heterocycles. The largest absolute Gasteiger partial charge is 0.315 e. The van der Waals surface area contributed by atoms with E-state index in [4.69, 9.17) is 16.9 Å². The van der Waals surface area contributed by atoms with Crippen molar-refractivity contribution < 1.29 is 4.39 Å². The first-order valence-electron chi connectivity index (χ1n) is 6.09. The number of nitriles is 1. The Morgan fingerprint density at radius 3 is 2.72 bits per heavy atom. The number of nitrogens with one attached hydrogen (secondary N) is 1. The third-order valence-electron chi connectivity index (χ3n) is 2.91. The zero-order valence-corrected chi connectivity index (χ0v) is 11.5. The molecule has 1 atom stereocenters. The van der Waals surface area contributed by atoms with Crippen LogP contribution >= 0.6 is 11.6 Å². The van der Waals surface area contributed by atoms with Crippen LogP contribution in [0.15, 0.2) is 18.2 Å². The fourth-order valence-corrected chi connectivity index (χ4v) is 1.82. The van der Waals surface area contributed by atoms with Gasteiger partial charge in [-0.05, 0) is 36.6 Å². The molecule has 0 fully saturated rings. The van der Waals surface area contributed by atoms with Gasteiger partial charge in [0.05, 0.1) is 17.0 Å². The van der Waals surface area contributed by atoms with Crippen LogP contribution in [0.2, 0.25) is 5.02 Å². The Bertz CT molecular complexity index is 426. The molecule has 18 heavy (non-hydrogen) atoms. The van der Waals surface area contributed by atoms with E-state index in [0.717, 1.165) is 18.5 Å². The minimum Gasteiger partial charge on any atom is -0.315 e. The average Bonchev–Trinajstić information content (AvgIpc) is 2.33. The van der Waals surface area contributed by atoms with Crippen molar-refractivity contribution in [2.45, 2.75) is 20.3 Å². The van der Waals surface area contributed by atoms with Crippen LogP contribution in [-0.4, -0.2) is 13.1 Å². The first-order chi connectivity index (χ1) is 8.54. The maximum atomic E-state index is 12.9. The second-order valence-electron chi connectivity index (χ2n) is 4.68. The van der Waals surface area contributed by atoms with Gasteiger partial charge >= 0.3 is 0 Å². The highest BCUT2D eigenvalue weighted by Gasteiger charge is 2.11. The molecule has 0 aromatic heterocycles. The van der Waals surface area contributed by atoms with Crippen LogP contribution in [-0.2, 0) is 6.42 Å². The molecule has 0 bridgehead atoms. The Hall–Kier alpha value is -1.11. The molecule has 1 N–H and O–H groups in total. The van der Waals surface area contributed by atoms with Gasteiger partial charge in [0, 0.05) is 6.54 Å². The SMILES string of the molecule is CC(C)C(C#N)CNCCc1ccc(F)c(Cl)c1. The number of hydrogen-bond donors (Lipinski definition) is 1. The zero-order chi connectivity index (χ0) is 13.5. The summed E-state index contributed by atoms with van der Waals surface area (Å²) in [7, 11) is 0. The minimum absolute atomic E-state index is 0.0294. The van der Waals surface area contributed by atoms with E-state index in [1.165, 1.54) is 6.07 Å². The second kappa shape index (κ2) is 7.35. The van der Waals surface area contributed by atoms with Gasteiger partial charge in [-0.1, -0.05) is 31.5 Å². The third kappa shape index (κ3) is 4.64. The molecule has 0 aliphatic heterocycles. The Labute approximate surface area is 113 Å². The van der Waals surface area contributed by atoms with Gasteiger partial charge in [-0.15, -0.1) is 0 Å².